The molecule has 0 bridgehead atoms. The van der Waals surface area contributed by atoms with Crippen LogP contribution in [-0.4, -0.2) is 47.7 Å². The highest BCUT2D eigenvalue weighted by Gasteiger charge is 2.12. The highest BCUT2D eigenvalue weighted by atomic mass is 127. The summed E-state index contributed by atoms with van der Waals surface area (Å²) in [6.45, 7) is 14.1. The molecule has 1 aromatic carbocycles. The van der Waals surface area contributed by atoms with Crippen molar-refractivity contribution in [3.8, 4) is 11.3 Å². The van der Waals surface area contributed by atoms with Crippen LogP contribution in [-0.2, 0) is 6.54 Å². The van der Waals surface area contributed by atoms with Crippen LogP contribution in [0.15, 0.2) is 45.9 Å². The van der Waals surface area contributed by atoms with E-state index in [-0.39, 0.29) is 24.0 Å². The molecule has 0 amide bonds. The summed E-state index contributed by atoms with van der Waals surface area (Å²) in [4.78, 5) is 7.09. The van der Waals surface area contributed by atoms with Gasteiger partial charge in [-0.05, 0) is 34.6 Å². The first-order valence-corrected chi connectivity index (χ1v) is 9.80. The van der Waals surface area contributed by atoms with Crippen molar-refractivity contribution < 1.29 is 4.52 Å². The molecule has 0 radical (unpaired) electrons. The molecule has 0 aliphatic carbocycles. The first-order valence-electron chi connectivity index (χ1n) is 9.80. The van der Waals surface area contributed by atoms with Crippen LogP contribution in [0.1, 0.15) is 40.3 Å². The Morgan fingerprint density at radius 3 is 2.39 bits per heavy atom. The summed E-state index contributed by atoms with van der Waals surface area (Å²) in [5, 5.41) is 10.8. The molecular weight excluding hydrogens is 465 g/mol. The van der Waals surface area contributed by atoms with Gasteiger partial charge in [0.25, 0.3) is 0 Å². The van der Waals surface area contributed by atoms with Crippen molar-refractivity contribution >= 4 is 29.9 Å². The van der Waals surface area contributed by atoms with Crippen LogP contribution in [0.25, 0.3) is 11.3 Å². The fourth-order valence-corrected chi connectivity index (χ4v) is 3.04. The van der Waals surface area contributed by atoms with Crippen molar-refractivity contribution in [2.24, 2.45) is 4.99 Å². The minimum atomic E-state index is 0. The Morgan fingerprint density at radius 2 is 1.79 bits per heavy atom. The van der Waals surface area contributed by atoms with E-state index >= 15 is 0 Å². The van der Waals surface area contributed by atoms with E-state index in [4.69, 9.17) is 4.52 Å². The largest absolute Gasteiger partial charge is 0.357 e. The lowest BCUT2D eigenvalue weighted by Crippen LogP contribution is -2.45. The van der Waals surface area contributed by atoms with E-state index in [0.29, 0.717) is 18.6 Å². The molecule has 0 spiro atoms. The summed E-state index contributed by atoms with van der Waals surface area (Å²) in [5.74, 6) is 1.57. The first kappa shape index (κ1) is 24.4. The highest BCUT2D eigenvalue weighted by molar-refractivity contribution is 14.0. The van der Waals surface area contributed by atoms with Crippen LogP contribution < -0.4 is 10.6 Å². The zero-order valence-corrected chi connectivity index (χ0v) is 19.9. The van der Waals surface area contributed by atoms with Crippen molar-refractivity contribution in [1.29, 1.82) is 0 Å². The normalized spacial score (nSPS) is 11.8. The van der Waals surface area contributed by atoms with Gasteiger partial charge in [-0.25, -0.2) is 4.99 Å². The summed E-state index contributed by atoms with van der Waals surface area (Å²) in [6.07, 6.45) is 0. The van der Waals surface area contributed by atoms with E-state index in [2.05, 4.69) is 60.3 Å². The van der Waals surface area contributed by atoms with E-state index in [1.807, 2.05) is 36.4 Å². The Hall–Kier alpha value is -1.61. The Labute approximate surface area is 186 Å². The molecule has 7 heteroatoms. The van der Waals surface area contributed by atoms with Gasteiger partial charge in [-0.3, -0.25) is 4.90 Å². The van der Waals surface area contributed by atoms with E-state index in [0.717, 1.165) is 42.6 Å². The van der Waals surface area contributed by atoms with Gasteiger partial charge in [0.2, 0.25) is 0 Å². The molecule has 2 rings (SSSR count). The summed E-state index contributed by atoms with van der Waals surface area (Å²) < 4.78 is 5.44. The highest BCUT2D eigenvalue weighted by Crippen LogP contribution is 2.19. The number of benzene rings is 1. The molecule has 156 valence electrons. The molecule has 1 heterocycles. The lowest BCUT2D eigenvalue weighted by Gasteiger charge is -2.30. The Bertz CT molecular complexity index is 692. The summed E-state index contributed by atoms with van der Waals surface area (Å²) in [7, 11) is 0. The summed E-state index contributed by atoms with van der Waals surface area (Å²) in [6, 6.07) is 13.0. The smallest absolute Gasteiger partial charge is 0.191 e. The number of hydrogen-bond acceptors (Lipinski definition) is 4. The number of aliphatic imine (C=N–C) groups is 1. The van der Waals surface area contributed by atoms with Gasteiger partial charge in [-0.2, -0.15) is 0 Å². The number of nitrogens with one attached hydrogen (secondary N) is 2. The van der Waals surface area contributed by atoms with Gasteiger partial charge in [0.1, 0.15) is 5.69 Å². The number of aromatic nitrogens is 1. The molecule has 2 aromatic rings. The first-order chi connectivity index (χ1) is 13.0. The fraction of sp³-hybridized carbons (Fsp3) is 0.524. The summed E-state index contributed by atoms with van der Waals surface area (Å²) >= 11 is 0. The van der Waals surface area contributed by atoms with Gasteiger partial charge in [-0.1, -0.05) is 35.5 Å². The molecule has 2 N–H and O–H groups in total. The minimum Gasteiger partial charge on any atom is -0.357 e. The van der Waals surface area contributed by atoms with Gasteiger partial charge >= 0.3 is 0 Å². The van der Waals surface area contributed by atoms with E-state index in [9.17, 15) is 0 Å². The van der Waals surface area contributed by atoms with E-state index in [1.54, 1.807) is 0 Å². The van der Waals surface area contributed by atoms with Crippen molar-refractivity contribution in [2.75, 3.05) is 19.6 Å². The molecule has 28 heavy (non-hydrogen) atoms. The summed E-state index contributed by atoms with van der Waals surface area (Å²) in [5.41, 5.74) is 1.84. The lowest BCUT2D eigenvalue weighted by atomic mass is 10.2. The molecule has 0 aliphatic heterocycles. The number of hydrogen-bond donors (Lipinski definition) is 2. The van der Waals surface area contributed by atoms with Crippen molar-refractivity contribution in [3.63, 3.8) is 0 Å². The lowest BCUT2D eigenvalue weighted by molar-refractivity contribution is 0.178. The maximum absolute atomic E-state index is 5.44. The van der Waals surface area contributed by atoms with Crippen molar-refractivity contribution in [3.05, 3.63) is 42.1 Å². The third kappa shape index (κ3) is 7.79. The zero-order chi connectivity index (χ0) is 19.6. The average Bonchev–Trinajstić information content (AvgIpc) is 3.12. The Kier molecular flexibility index (Phi) is 11.1. The van der Waals surface area contributed by atoms with E-state index in [1.165, 1.54) is 0 Å². The molecule has 1 aromatic heterocycles. The van der Waals surface area contributed by atoms with Crippen LogP contribution in [0.3, 0.4) is 0 Å². The van der Waals surface area contributed by atoms with Gasteiger partial charge < -0.3 is 15.2 Å². The van der Waals surface area contributed by atoms with Crippen LogP contribution in [0.4, 0.5) is 0 Å². The quantitative estimate of drug-likeness (QED) is 0.309. The molecule has 0 fully saturated rings. The van der Waals surface area contributed by atoms with Gasteiger partial charge in [-0.15, -0.1) is 24.0 Å². The molecular formula is C21H34IN5O. The minimum absolute atomic E-state index is 0. The second-order valence-electron chi connectivity index (χ2n) is 7.10. The monoisotopic (exact) mass is 499 g/mol. The van der Waals surface area contributed by atoms with Crippen molar-refractivity contribution in [1.82, 2.24) is 20.7 Å². The maximum Gasteiger partial charge on any atom is 0.191 e. The number of guanidine groups is 1. The van der Waals surface area contributed by atoms with Crippen LogP contribution in [0.5, 0.6) is 0 Å². The SMILES string of the molecule is CCNC(=NCc1cc(-c2ccccc2)on1)NCCN(C(C)C)C(C)C.I. The molecule has 0 saturated carbocycles. The van der Waals surface area contributed by atoms with Crippen LogP contribution in [0, 0.1) is 0 Å². The number of rotatable bonds is 9. The Morgan fingerprint density at radius 1 is 1.11 bits per heavy atom. The van der Waals surface area contributed by atoms with Crippen LogP contribution >= 0.6 is 24.0 Å². The van der Waals surface area contributed by atoms with Gasteiger partial charge in [0, 0.05) is 43.3 Å². The second-order valence-corrected chi connectivity index (χ2v) is 7.10. The molecule has 0 aliphatic rings. The molecule has 0 unspecified atom stereocenters. The average molecular weight is 499 g/mol. The Balaban J connectivity index is 0.00000392. The third-order valence-corrected chi connectivity index (χ3v) is 4.35. The van der Waals surface area contributed by atoms with Crippen LogP contribution in [0.2, 0.25) is 0 Å². The van der Waals surface area contributed by atoms with E-state index < -0.39 is 0 Å². The topological polar surface area (TPSA) is 65.7 Å². The zero-order valence-electron chi connectivity index (χ0n) is 17.6. The van der Waals surface area contributed by atoms with Crippen molar-refractivity contribution in [2.45, 2.75) is 53.2 Å². The van der Waals surface area contributed by atoms with Gasteiger partial charge in [0.15, 0.2) is 11.7 Å². The molecule has 0 saturated heterocycles. The third-order valence-electron chi connectivity index (χ3n) is 4.35. The standard InChI is InChI=1S/C21H33N5O.HI/c1-6-22-21(23-12-13-26(16(2)3)17(4)5)24-15-19-14-20(27-25-19)18-10-8-7-9-11-18;/h7-11,14,16-17H,6,12-13,15H2,1-5H3,(H2,22,23,24);1H. The molecule has 0 atom stereocenters. The maximum atomic E-state index is 5.44. The fourth-order valence-electron chi connectivity index (χ4n) is 3.04. The molecule has 6 nitrogen and oxygen atoms in total. The predicted octanol–water partition coefficient (Wildman–Crippen LogP) is 4.13. The predicted molar refractivity (Wildman–Crippen MR) is 127 cm³/mol. The van der Waals surface area contributed by atoms with Gasteiger partial charge in [0.05, 0.1) is 6.54 Å². The number of halogens is 1. The second kappa shape index (κ2) is 12.8. The number of nitrogens with zero attached hydrogens (tertiary/aromatic N) is 3.